The first-order valence-corrected chi connectivity index (χ1v) is 7.25. The van der Waals surface area contributed by atoms with Crippen molar-refractivity contribution in [3.8, 4) is 0 Å². The highest BCUT2D eigenvalue weighted by Gasteiger charge is 2.35. The lowest BCUT2D eigenvalue weighted by atomic mass is 9.77. The second-order valence-electron chi connectivity index (χ2n) is 5.84. The summed E-state index contributed by atoms with van der Waals surface area (Å²) in [4.78, 5) is 23.3. The predicted molar refractivity (Wildman–Crippen MR) is 74.4 cm³/mol. The third kappa shape index (κ3) is 2.30. The minimum Gasteiger partial charge on any atom is -0.481 e. The molecule has 20 heavy (non-hydrogen) atoms. The number of carbonyl (C=O) groups excluding carboxylic acids is 1. The molecule has 0 bridgehead atoms. The van der Waals surface area contributed by atoms with E-state index in [0.717, 1.165) is 31.2 Å². The van der Waals surface area contributed by atoms with Crippen LogP contribution in [0.3, 0.4) is 0 Å². The predicted octanol–water partition coefficient (Wildman–Crippen LogP) is 1.94. The lowest BCUT2D eigenvalue weighted by Crippen LogP contribution is -2.39. The molecule has 0 heterocycles. The van der Waals surface area contributed by atoms with Crippen molar-refractivity contribution in [1.29, 1.82) is 0 Å². The fraction of sp³-hybridized carbons (Fsp3) is 0.500. The van der Waals surface area contributed by atoms with Gasteiger partial charge in [-0.05, 0) is 36.3 Å². The average Bonchev–Trinajstić information content (AvgIpc) is 2.86. The van der Waals surface area contributed by atoms with Crippen molar-refractivity contribution in [2.75, 3.05) is 6.54 Å². The SMILES string of the molecule is O=C(NCC1CCCC1C(=O)O)C1Cc2ccccc21. The highest BCUT2D eigenvalue weighted by Crippen LogP contribution is 2.35. The quantitative estimate of drug-likeness (QED) is 0.881. The Morgan fingerprint density at radius 2 is 2.05 bits per heavy atom. The Bertz CT molecular complexity index is 540. The summed E-state index contributed by atoms with van der Waals surface area (Å²) >= 11 is 0. The van der Waals surface area contributed by atoms with Gasteiger partial charge in [-0.25, -0.2) is 0 Å². The molecule has 1 fully saturated rings. The van der Waals surface area contributed by atoms with Crippen LogP contribution in [-0.2, 0) is 16.0 Å². The minimum absolute atomic E-state index is 0.0414. The summed E-state index contributed by atoms with van der Waals surface area (Å²) in [6.45, 7) is 0.495. The van der Waals surface area contributed by atoms with Gasteiger partial charge in [-0.15, -0.1) is 0 Å². The summed E-state index contributed by atoms with van der Waals surface area (Å²) in [6.07, 6.45) is 3.39. The van der Waals surface area contributed by atoms with E-state index in [1.807, 2.05) is 18.2 Å². The number of benzene rings is 1. The molecular formula is C16H19NO3. The Labute approximate surface area is 118 Å². The molecule has 106 valence electrons. The number of hydrogen-bond acceptors (Lipinski definition) is 2. The molecule has 0 saturated heterocycles. The monoisotopic (exact) mass is 273 g/mol. The third-order valence-electron chi connectivity index (χ3n) is 4.69. The van der Waals surface area contributed by atoms with Crippen LogP contribution in [-0.4, -0.2) is 23.5 Å². The number of nitrogens with one attached hydrogen (secondary N) is 1. The first-order chi connectivity index (χ1) is 9.66. The van der Waals surface area contributed by atoms with Crippen LogP contribution in [0.5, 0.6) is 0 Å². The van der Waals surface area contributed by atoms with Gasteiger partial charge in [0.2, 0.25) is 5.91 Å². The number of hydrogen-bond donors (Lipinski definition) is 2. The zero-order valence-corrected chi connectivity index (χ0v) is 11.3. The molecule has 4 heteroatoms. The molecule has 1 saturated carbocycles. The molecule has 0 aromatic heterocycles. The van der Waals surface area contributed by atoms with E-state index in [0.29, 0.717) is 6.54 Å². The molecule has 2 aliphatic rings. The van der Waals surface area contributed by atoms with Crippen molar-refractivity contribution in [3.05, 3.63) is 35.4 Å². The number of carbonyl (C=O) groups is 2. The molecule has 2 aliphatic carbocycles. The lowest BCUT2D eigenvalue weighted by Gasteiger charge is -2.29. The van der Waals surface area contributed by atoms with Crippen LogP contribution in [0.4, 0.5) is 0 Å². The van der Waals surface area contributed by atoms with Crippen molar-refractivity contribution in [2.24, 2.45) is 11.8 Å². The summed E-state index contributed by atoms with van der Waals surface area (Å²) in [5.41, 5.74) is 2.36. The standard InChI is InChI=1S/C16H19NO3/c18-15(14-8-10-4-1-2-6-12(10)14)17-9-11-5-3-7-13(11)16(19)20/h1-2,4,6,11,13-14H,3,5,7-9H2,(H,17,18)(H,19,20). The highest BCUT2D eigenvalue weighted by molar-refractivity contribution is 5.86. The normalized spacial score (nSPS) is 27.5. The van der Waals surface area contributed by atoms with E-state index in [9.17, 15) is 9.59 Å². The maximum Gasteiger partial charge on any atom is 0.306 e. The Hall–Kier alpha value is -1.84. The third-order valence-corrected chi connectivity index (χ3v) is 4.69. The van der Waals surface area contributed by atoms with E-state index < -0.39 is 5.97 Å². The zero-order valence-electron chi connectivity index (χ0n) is 11.3. The number of rotatable bonds is 4. The van der Waals surface area contributed by atoms with Gasteiger partial charge in [0.25, 0.3) is 0 Å². The van der Waals surface area contributed by atoms with Crippen LogP contribution in [0.25, 0.3) is 0 Å². The largest absolute Gasteiger partial charge is 0.481 e. The fourth-order valence-electron chi connectivity index (χ4n) is 3.45. The van der Waals surface area contributed by atoms with Crippen LogP contribution in [0, 0.1) is 11.8 Å². The van der Waals surface area contributed by atoms with Crippen LogP contribution in [0.1, 0.15) is 36.3 Å². The van der Waals surface area contributed by atoms with Crippen LogP contribution >= 0.6 is 0 Å². The van der Waals surface area contributed by atoms with Gasteiger partial charge < -0.3 is 10.4 Å². The molecule has 1 amide bonds. The number of fused-ring (bicyclic) bond motifs is 1. The first kappa shape index (κ1) is 13.2. The Balaban J connectivity index is 1.55. The molecule has 0 spiro atoms. The van der Waals surface area contributed by atoms with Crippen molar-refractivity contribution < 1.29 is 14.7 Å². The van der Waals surface area contributed by atoms with Crippen LogP contribution < -0.4 is 5.32 Å². The van der Waals surface area contributed by atoms with Gasteiger partial charge in [0.15, 0.2) is 0 Å². The molecule has 4 nitrogen and oxygen atoms in total. The van der Waals surface area contributed by atoms with E-state index >= 15 is 0 Å². The molecule has 3 atom stereocenters. The second-order valence-corrected chi connectivity index (χ2v) is 5.84. The zero-order chi connectivity index (χ0) is 14.1. The molecule has 1 aromatic carbocycles. The van der Waals surface area contributed by atoms with E-state index in [1.54, 1.807) is 0 Å². The summed E-state index contributed by atoms with van der Waals surface area (Å²) in [5.74, 6) is -0.929. The van der Waals surface area contributed by atoms with Gasteiger partial charge >= 0.3 is 5.97 Å². The molecule has 2 N–H and O–H groups in total. The number of carboxylic acids is 1. The van der Waals surface area contributed by atoms with E-state index in [-0.39, 0.29) is 23.7 Å². The van der Waals surface area contributed by atoms with Gasteiger partial charge in [0.05, 0.1) is 11.8 Å². The van der Waals surface area contributed by atoms with E-state index in [1.165, 1.54) is 5.56 Å². The second kappa shape index (κ2) is 5.27. The molecule has 0 radical (unpaired) electrons. The van der Waals surface area contributed by atoms with Crippen LogP contribution in [0.15, 0.2) is 24.3 Å². The van der Waals surface area contributed by atoms with Gasteiger partial charge in [-0.1, -0.05) is 30.7 Å². The van der Waals surface area contributed by atoms with Gasteiger partial charge in [0.1, 0.15) is 0 Å². The van der Waals surface area contributed by atoms with Crippen LogP contribution in [0.2, 0.25) is 0 Å². The minimum atomic E-state index is -0.726. The van der Waals surface area contributed by atoms with E-state index in [2.05, 4.69) is 11.4 Å². The fourth-order valence-corrected chi connectivity index (χ4v) is 3.45. The summed E-state index contributed by atoms with van der Waals surface area (Å²) in [5, 5.41) is 12.1. The lowest BCUT2D eigenvalue weighted by molar-refractivity contribution is -0.143. The topological polar surface area (TPSA) is 66.4 Å². The van der Waals surface area contributed by atoms with Crippen molar-refractivity contribution in [1.82, 2.24) is 5.32 Å². The Morgan fingerprint density at radius 1 is 1.25 bits per heavy atom. The molecule has 0 aliphatic heterocycles. The van der Waals surface area contributed by atoms with Crippen molar-refractivity contribution in [2.45, 2.75) is 31.6 Å². The maximum absolute atomic E-state index is 12.2. The maximum atomic E-state index is 12.2. The molecule has 3 rings (SSSR count). The summed E-state index contributed by atoms with van der Waals surface area (Å²) in [6, 6.07) is 7.99. The number of carboxylic acid groups (broad SMARTS) is 1. The average molecular weight is 273 g/mol. The first-order valence-electron chi connectivity index (χ1n) is 7.25. The molecule has 1 aromatic rings. The Kier molecular flexibility index (Phi) is 3.47. The van der Waals surface area contributed by atoms with Gasteiger partial charge in [0, 0.05) is 6.54 Å². The molecule has 3 unspecified atom stereocenters. The summed E-state index contributed by atoms with van der Waals surface area (Å²) in [7, 11) is 0. The highest BCUT2D eigenvalue weighted by atomic mass is 16.4. The number of aliphatic carboxylic acids is 1. The van der Waals surface area contributed by atoms with Crippen molar-refractivity contribution in [3.63, 3.8) is 0 Å². The molecular weight excluding hydrogens is 254 g/mol. The van der Waals surface area contributed by atoms with Gasteiger partial charge in [-0.2, -0.15) is 0 Å². The smallest absolute Gasteiger partial charge is 0.306 e. The summed E-state index contributed by atoms with van der Waals surface area (Å²) < 4.78 is 0. The van der Waals surface area contributed by atoms with E-state index in [4.69, 9.17) is 5.11 Å². The Morgan fingerprint density at radius 3 is 2.80 bits per heavy atom. The van der Waals surface area contributed by atoms with Gasteiger partial charge in [-0.3, -0.25) is 9.59 Å². The van der Waals surface area contributed by atoms with Crippen molar-refractivity contribution >= 4 is 11.9 Å². The number of amides is 1.